The number of amides is 3. The summed E-state index contributed by atoms with van der Waals surface area (Å²) in [5.41, 5.74) is 1.58. The molecule has 0 spiro atoms. The zero-order valence-corrected chi connectivity index (χ0v) is 18.4. The molecular weight excluding hydrogens is 463 g/mol. The first-order chi connectivity index (χ1) is 15.6. The third kappa shape index (κ3) is 4.14. The number of hydrogen-bond donors (Lipinski definition) is 2. The standard InChI is InChI=1S/C22H23ClF3N3O4/c23-17-15-9-12(11-1-2-11)10-16(22(24,25)26)18(15)33-19(17)20(31)29-8-7-28(21(32)27-29)13-3-5-14(30)6-4-13/h9-11,13-14,30H,1-8H2,(H,27,32). The molecule has 3 amide bonds. The Hall–Kier alpha value is -2.46. The molecule has 33 heavy (non-hydrogen) atoms. The second-order valence-corrected chi connectivity index (χ2v) is 9.37. The normalized spacial score (nSPS) is 24.3. The molecule has 3 fully saturated rings. The predicted molar refractivity (Wildman–Crippen MR) is 113 cm³/mol. The number of aliphatic hydroxyl groups is 1. The molecule has 2 aromatic rings. The summed E-state index contributed by atoms with van der Waals surface area (Å²) in [6.07, 6.45) is -0.863. The fourth-order valence-electron chi connectivity index (χ4n) is 4.73. The SMILES string of the molecule is O=C(c1oc2c(C(F)(F)F)cc(C3CC3)cc2c1Cl)N1CCN(C2CCC(O)CC2)C(=O)N1. The van der Waals surface area contributed by atoms with Gasteiger partial charge in [-0.25, -0.2) is 15.2 Å². The van der Waals surface area contributed by atoms with Gasteiger partial charge < -0.3 is 14.4 Å². The van der Waals surface area contributed by atoms with E-state index in [0.29, 0.717) is 31.2 Å². The number of nitrogens with one attached hydrogen (secondary N) is 1. The minimum absolute atomic E-state index is 0.0318. The minimum atomic E-state index is -4.67. The maximum atomic E-state index is 13.7. The maximum Gasteiger partial charge on any atom is 0.420 e. The number of carbonyl (C=O) groups excluding carboxylic acids is 2. The second kappa shape index (κ2) is 8.09. The number of rotatable bonds is 3. The lowest BCUT2D eigenvalue weighted by Crippen LogP contribution is -2.62. The number of hydrazine groups is 1. The van der Waals surface area contributed by atoms with E-state index < -0.39 is 35.0 Å². The molecule has 178 valence electrons. The van der Waals surface area contributed by atoms with Gasteiger partial charge in [-0.3, -0.25) is 4.79 Å². The molecule has 2 heterocycles. The molecule has 7 nitrogen and oxygen atoms in total. The summed E-state index contributed by atoms with van der Waals surface area (Å²) in [5, 5.41) is 10.5. The lowest BCUT2D eigenvalue weighted by molar-refractivity contribution is -0.136. The molecule has 2 N–H and O–H groups in total. The fraction of sp³-hybridized carbons (Fsp3) is 0.545. The molecule has 11 heteroatoms. The van der Waals surface area contributed by atoms with Crippen LogP contribution in [0.25, 0.3) is 11.0 Å². The van der Waals surface area contributed by atoms with Gasteiger partial charge >= 0.3 is 18.1 Å². The Morgan fingerprint density at radius 3 is 2.42 bits per heavy atom. The van der Waals surface area contributed by atoms with Crippen LogP contribution in [-0.2, 0) is 6.18 Å². The van der Waals surface area contributed by atoms with Crippen molar-refractivity contribution in [2.24, 2.45) is 0 Å². The van der Waals surface area contributed by atoms with Gasteiger partial charge in [-0.1, -0.05) is 11.6 Å². The van der Waals surface area contributed by atoms with Crippen LogP contribution in [0.4, 0.5) is 18.0 Å². The first kappa shape index (κ1) is 22.3. The summed E-state index contributed by atoms with van der Waals surface area (Å²) in [5.74, 6) is -1.18. The Morgan fingerprint density at radius 2 is 1.82 bits per heavy atom. The van der Waals surface area contributed by atoms with Crippen LogP contribution >= 0.6 is 11.6 Å². The highest BCUT2D eigenvalue weighted by Crippen LogP contribution is 2.47. The van der Waals surface area contributed by atoms with E-state index in [1.807, 2.05) is 0 Å². The van der Waals surface area contributed by atoms with Crippen molar-refractivity contribution in [1.82, 2.24) is 15.3 Å². The molecule has 0 atom stereocenters. The van der Waals surface area contributed by atoms with Crippen molar-refractivity contribution in [2.75, 3.05) is 13.1 Å². The molecule has 1 aromatic carbocycles. The number of furan rings is 1. The molecule has 0 radical (unpaired) electrons. The van der Waals surface area contributed by atoms with Crippen LogP contribution in [0.5, 0.6) is 0 Å². The average Bonchev–Trinajstić information content (AvgIpc) is 3.57. The van der Waals surface area contributed by atoms with E-state index in [2.05, 4.69) is 5.43 Å². The summed E-state index contributed by atoms with van der Waals surface area (Å²) < 4.78 is 46.5. The lowest BCUT2D eigenvalue weighted by atomic mass is 9.92. The van der Waals surface area contributed by atoms with E-state index in [4.69, 9.17) is 16.0 Å². The molecular formula is C22H23ClF3N3O4. The number of urea groups is 1. The summed E-state index contributed by atoms with van der Waals surface area (Å²) in [6.45, 7) is 0.381. The van der Waals surface area contributed by atoms with E-state index in [0.717, 1.165) is 23.9 Å². The Kier molecular flexibility index (Phi) is 5.48. The Bertz CT molecular complexity index is 1110. The summed E-state index contributed by atoms with van der Waals surface area (Å²) >= 11 is 6.34. The zero-order valence-electron chi connectivity index (χ0n) is 17.6. The highest BCUT2D eigenvalue weighted by Gasteiger charge is 2.40. The number of halogens is 4. The van der Waals surface area contributed by atoms with Crippen LogP contribution in [0.3, 0.4) is 0 Å². The Balaban J connectivity index is 1.40. The number of alkyl halides is 3. The number of aliphatic hydroxyl groups excluding tert-OH is 1. The highest BCUT2D eigenvalue weighted by molar-refractivity contribution is 6.38. The van der Waals surface area contributed by atoms with Gasteiger partial charge in [0.2, 0.25) is 5.76 Å². The van der Waals surface area contributed by atoms with Gasteiger partial charge in [0.15, 0.2) is 0 Å². The van der Waals surface area contributed by atoms with Gasteiger partial charge in [0.05, 0.1) is 18.2 Å². The molecule has 2 saturated carbocycles. The maximum absolute atomic E-state index is 13.7. The van der Waals surface area contributed by atoms with Crippen molar-refractivity contribution in [1.29, 1.82) is 0 Å². The molecule has 2 aliphatic carbocycles. The summed E-state index contributed by atoms with van der Waals surface area (Å²) in [6, 6.07) is 2.11. The lowest BCUT2D eigenvalue weighted by Gasteiger charge is -2.41. The fourth-order valence-corrected chi connectivity index (χ4v) is 4.99. The van der Waals surface area contributed by atoms with Gasteiger partial charge in [-0.15, -0.1) is 0 Å². The number of fused-ring (bicyclic) bond motifs is 1. The number of hydrogen-bond acceptors (Lipinski definition) is 4. The summed E-state index contributed by atoms with van der Waals surface area (Å²) in [7, 11) is 0. The predicted octanol–water partition coefficient (Wildman–Crippen LogP) is 4.67. The van der Waals surface area contributed by atoms with Crippen LogP contribution in [0.2, 0.25) is 5.02 Å². The first-order valence-electron chi connectivity index (χ1n) is 11.0. The molecule has 5 rings (SSSR count). The van der Waals surface area contributed by atoms with E-state index in [-0.39, 0.29) is 41.6 Å². The Morgan fingerprint density at radius 1 is 1.12 bits per heavy atom. The van der Waals surface area contributed by atoms with Crippen LogP contribution < -0.4 is 5.43 Å². The quantitative estimate of drug-likeness (QED) is 0.661. The van der Waals surface area contributed by atoms with Crippen molar-refractivity contribution in [3.8, 4) is 0 Å². The van der Waals surface area contributed by atoms with E-state index in [1.165, 1.54) is 0 Å². The third-order valence-corrected chi connectivity index (χ3v) is 7.08. The topological polar surface area (TPSA) is 86.0 Å². The van der Waals surface area contributed by atoms with Crippen molar-refractivity contribution >= 4 is 34.5 Å². The molecule has 1 aliphatic heterocycles. The molecule has 1 saturated heterocycles. The molecule has 1 aromatic heterocycles. The van der Waals surface area contributed by atoms with Crippen molar-refractivity contribution < 1.29 is 32.3 Å². The van der Waals surface area contributed by atoms with Crippen LogP contribution in [-0.4, -0.2) is 52.2 Å². The Labute approximate surface area is 192 Å². The smallest absolute Gasteiger partial charge is 0.420 e. The number of carbonyl (C=O) groups is 2. The molecule has 0 bridgehead atoms. The van der Waals surface area contributed by atoms with Crippen molar-refractivity contribution in [3.63, 3.8) is 0 Å². The molecule has 0 unspecified atom stereocenters. The van der Waals surface area contributed by atoms with Crippen molar-refractivity contribution in [2.45, 2.75) is 62.8 Å². The van der Waals surface area contributed by atoms with Crippen LogP contribution in [0.15, 0.2) is 16.5 Å². The van der Waals surface area contributed by atoms with Crippen molar-refractivity contribution in [3.05, 3.63) is 34.0 Å². The first-order valence-corrected chi connectivity index (χ1v) is 11.4. The third-order valence-electron chi connectivity index (χ3n) is 6.71. The minimum Gasteiger partial charge on any atom is -0.449 e. The van der Waals surface area contributed by atoms with E-state index in [1.54, 1.807) is 11.0 Å². The van der Waals surface area contributed by atoms with E-state index in [9.17, 15) is 27.9 Å². The largest absolute Gasteiger partial charge is 0.449 e. The van der Waals surface area contributed by atoms with Gasteiger partial charge in [0.25, 0.3) is 0 Å². The van der Waals surface area contributed by atoms with E-state index >= 15 is 0 Å². The number of benzene rings is 1. The van der Waals surface area contributed by atoms with Gasteiger partial charge in [0, 0.05) is 18.0 Å². The van der Waals surface area contributed by atoms with Crippen LogP contribution in [0, 0.1) is 0 Å². The average molecular weight is 486 g/mol. The van der Waals surface area contributed by atoms with Gasteiger partial charge in [0.1, 0.15) is 10.6 Å². The van der Waals surface area contributed by atoms with Gasteiger partial charge in [-0.05, 0) is 62.1 Å². The van der Waals surface area contributed by atoms with Crippen LogP contribution in [0.1, 0.15) is 66.1 Å². The van der Waals surface area contributed by atoms with Gasteiger partial charge in [-0.2, -0.15) is 13.2 Å². The zero-order chi connectivity index (χ0) is 23.5. The molecule has 3 aliphatic rings. The summed E-state index contributed by atoms with van der Waals surface area (Å²) in [4.78, 5) is 27.3. The second-order valence-electron chi connectivity index (χ2n) is 8.99. The monoisotopic (exact) mass is 485 g/mol. The highest BCUT2D eigenvalue weighted by atomic mass is 35.5. The number of nitrogens with zero attached hydrogens (tertiary/aromatic N) is 2.